The van der Waals surface area contributed by atoms with Crippen molar-refractivity contribution in [3.05, 3.63) is 46.4 Å². The minimum absolute atomic E-state index is 0.00354. The summed E-state index contributed by atoms with van der Waals surface area (Å²) in [6, 6.07) is 7.30. The van der Waals surface area contributed by atoms with Crippen LogP contribution in [0, 0.1) is 0 Å². The molecule has 0 fully saturated rings. The third-order valence-corrected chi connectivity index (χ3v) is 3.64. The first-order valence-corrected chi connectivity index (χ1v) is 7.32. The lowest BCUT2D eigenvalue weighted by Crippen LogP contribution is -2.30. The Bertz CT molecular complexity index is 537. The molecule has 0 spiro atoms. The number of urea groups is 1. The Hall–Kier alpha value is -1.92. The first-order chi connectivity index (χ1) is 9.65. The van der Waals surface area contributed by atoms with Gasteiger partial charge in [-0.3, -0.25) is 0 Å². The van der Waals surface area contributed by atoms with Gasteiger partial charge in [0.15, 0.2) is 0 Å². The highest BCUT2D eigenvalue weighted by Gasteiger charge is 2.03. The fourth-order valence-electron chi connectivity index (χ4n) is 1.70. The predicted molar refractivity (Wildman–Crippen MR) is 81.9 cm³/mol. The van der Waals surface area contributed by atoms with Crippen LogP contribution >= 0.6 is 11.3 Å². The number of aromatic nitrogens is 1. The number of nitrogens with two attached hydrogens (primary N) is 1. The van der Waals surface area contributed by atoms with Crippen LogP contribution in [0.1, 0.15) is 23.5 Å². The van der Waals surface area contributed by atoms with E-state index in [0.29, 0.717) is 6.54 Å². The molecular weight excluding hydrogens is 272 g/mol. The Balaban J connectivity index is 1.76. The molecule has 20 heavy (non-hydrogen) atoms. The van der Waals surface area contributed by atoms with Crippen molar-refractivity contribution >= 4 is 23.1 Å². The minimum atomic E-state index is -0.213. The quantitative estimate of drug-likeness (QED) is 0.791. The number of hydrogen-bond donors (Lipinski definition) is 3. The summed E-state index contributed by atoms with van der Waals surface area (Å²) in [6.45, 7) is 2.49. The average Bonchev–Trinajstić information content (AvgIpc) is 2.92. The van der Waals surface area contributed by atoms with E-state index in [4.69, 9.17) is 5.73 Å². The number of nitrogens with one attached hydrogen (secondary N) is 2. The van der Waals surface area contributed by atoms with Gasteiger partial charge in [-0.05, 0) is 24.6 Å². The number of nitrogens with zero attached hydrogens (tertiary/aromatic N) is 1. The van der Waals surface area contributed by atoms with Gasteiger partial charge >= 0.3 is 6.03 Å². The van der Waals surface area contributed by atoms with E-state index in [2.05, 4.69) is 15.6 Å². The SMILES string of the molecule is CC(N)c1ccc(NC(=O)NCCc2nccs2)cc1. The summed E-state index contributed by atoms with van der Waals surface area (Å²) in [7, 11) is 0. The molecule has 1 atom stereocenters. The van der Waals surface area contributed by atoms with E-state index in [1.54, 1.807) is 17.5 Å². The number of benzene rings is 1. The molecule has 1 unspecified atom stereocenters. The zero-order valence-electron chi connectivity index (χ0n) is 11.3. The Morgan fingerprint density at radius 3 is 2.75 bits per heavy atom. The lowest BCUT2D eigenvalue weighted by molar-refractivity contribution is 0.252. The van der Waals surface area contributed by atoms with E-state index in [1.807, 2.05) is 36.6 Å². The second-order valence-corrected chi connectivity index (χ2v) is 5.45. The summed E-state index contributed by atoms with van der Waals surface area (Å²) in [5, 5.41) is 8.52. The Labute approximate surface area is 122 Å². The monoisotopic (exact) mass is 290 g/mol. The highest BCUT2D eigenvalue weighted by atomic mass is 32.1. The van der Waals surface area contributed by atoms with Crippen molar-refractivity contribution in [2.75, 3.05) is 11.9 Å². The number of rotatable bonds is 5. The normalized spacial score (nSPS) is 11.9. The maximum atomic E-state index is 11.7. The van der Waals surface area contributed by atoms with Gasteiger partial charge in [-0.25, -0.2) is 9.78 Å². The van der Waals surface area contributed by atoms with Gasteiger partial charge in [0.05, 0.1) is 5.01 Å². The molecule has 1 aromatic heterocycles. The van der Waals surface area contributed by atoms with Crippen LogP contribution in [0.15, 0.2) is 35.8 Å². The van der Waals surface area contributed by atoms with E-state index in [-0.39, 0.29) is 12.1 Å². The largest absolute Gasteiger partial charge is 0.337 e. The fourth-order valence-corrected chi connectivity index (χ4v) is 2.33. The second kappa shape index (κ2) is 7.02. The maximum Gasteiger partial charge on any atom is 0.319 e. The second-order valence-electron chi connectivity index (χ2n) is 4.47. The zero-order chi connectivity index (χ0) is 14.4. The molecule has 2 aromatic rings. The van der Waals surface area contributed by atoms with E-state index < -0.39 is 0 Å². The molecule has 0 saturated heterocycles. The summed E-state index contributed by atoms with van der Waals surface area (Å²) in [5.41, 5.74) is 7.57. The summed E-state index contributed by atoms with van der Waals surface area (Å²) in [4.78, 5) is 15.9. The fraction of sp³-hybridized carbons (Fsp3) is 0.286. The average molecular weight is 290 g/mol. The van der Waals surface area contributed by atoms with Crippen molar-refractivity contribution in [1.82, 2.24) is 10.3 Å². The molecule has 0 aliphatic rings. The lowest BCUT2D eigenvalue weighted by atomic mass is 10.1. The number of hydrogen-bond acceptors (Lipinski definition) is 4. The van der Waals surface area contributed by atoms with Crippen LogP contribution in [0.3, 0.4) is 0 Å². The van der Waals surface area contributed by atoms with Crippen LogP contribution in [-0.4, -0.2) is 17.6 Å². The summed E-state index contributed by atoms with van der Waals surface area (Å²) in [6.07, 6.45) is 2.51. The summed E-state index contributed by atoms with van der Waals surface area (Å²) < 4.78 is 0. The Kier molecular flexibility index (Phi) is 5.09. The number of carbonyl (C=O) groups is 1. The molecule has 2 amide bonds. The molecule has 6 heteroatoms. The summed E-state index contributed by atoms with van der Waals surface area (Å²) >= 11 is 1.59. The first kappa shape index (κ1) is 14.5. The van der Waals surface area contributed by atoms with E-state index in [9.17, 15) is 4.79 Å². The van der Waals surface area contributed by atoms with Gasteiger partial charge in [0.2, 0.25) is 0 Å². The molecule has 5 nitrogen and oxygen atoms in total. The van der Waals surface area contributed by atoms with Gasteiger partial charge in [-0.2, -0.15) is 0 Å². The molecular formula is C14H18N4OS. The van der Waals surface area contributed by atoms with Gasteiger partial charge in [0.1, 0.15) is 0 Å². The molecule has 106 valence electrons. The molecule has 0 radical (unpaired) electrons. The van der Waals surface area contributed by atoms with Crippen LogP contribution in [-0.2, 0) is 6.42 Å². The van der Waals surface area contributed by atoms with E-state index >= 15 is 0 Å². The molecule has 2 rings (SSSR count). The number of carbonyl (C=O) groups excluding carboxylic acids is 1. The number of amides is 2. The Morgan fingerprint density at radius 2 is 2.15 bits per heavy atom. The van der Waals surface area contributed by atoms with Crippen molar-refractivity contribution in [2.45, 2.75) is 19.4 Å². The first-order valence-electron chi connectivity index (χ1n) is 6.44. The molecule has 0 saturated carbocycles. The van der Waals surface area contributed by atoms with Crippen molar-refractivity contribution in [1.29, 1.82) is 0 Å². The van der Waals surface area contributed by atoms with Crippen LogP contribution in [0.2, 0.25) is 0 Å². The van der Waals surface area contributed by atoms with Gasteiger partial charge in [0.25, 0.3) is 0 Å². The van der Waals surface area contributed by atoms with Gasteiger partial charge < -0.3 is 16.4 Å². The summed E-state index contributed by atoms with van der Waals surface area (Å²) in [5.74, 6) is 0. The molecule has 1 aromatic carbocycles. The van der Waals surface area contributed by atoms with Crippen LogP contribution < -0.4 is 16.4 Å². The minimum Gasteiger partial charge on any atom is -0.337 e. The maximum absolute atomic E-state index is 11.7. The molecule has 4 N–H and O–H groups in total. The van der Waals surface area contributed by atoms with Crippen molar-refractivity contribution in [3.8, 4) is 0 Å². The highest BCUT2D eigenvalue weighted by Crippen LogP contribution is 2.13. The van der Waals surface area contributed by atoms with Crippen molar-refractivity contribution in [2.24, 2.45) is 5.73 Å². The molecule has 1 heterocycles. The number of thiazole rings is 1. The highest BCUT2D eigenvalue weighted by molar-refractivity contribution is 7.09. The molecule has 0 bridgehead atoms. The smallest absolute Gasteiger partial charge is 0.319 e. The Morgan fingerprint density at radius 1 is 1.40 bits per heavy atom. The van der Waals surface area contributed by atoms with Gasteiger partial charge in [0, 0.05) is 36.3 Å². The van der Waals surface area contributed by atoms with Crippen LogP contribution in [0.5, 0.6) is 0 Å². The van der Waals surface area contributed by atoms with Gasteiger partial charge in [-0.15, -0.1) is 11.3 Å². The third kappa shape index (κ3) is 4.32. The topological polar surface area (TPSA) is 80.0 Å². The van der Waals surface area contributed by atoms with E-state index in [0.717, 1.165) is 22.7 Å². The predicted octanol–water partition coefficient (Wildman–Crippen LogP) is 2.53. The van der Waals surface area contributed by atoms with Crippen molar-refractivity contribution < 1.29 is 4.79 Å². The van der Waals surface area contributed by atoms with Crippen LogP contribution in [0.4, 0.5) is 10.5 Å². The number of anilines is 1. The molecule has 0 aliphatic carbocycles. The van der Waals surface area contributed by atoms with Crippen molar-refractivity contribution in [3.63, 3.8) is 0 Å². The standard InChI is InChI=1S/C14H18N4OS/c1-10(15)11-2-4-12(5-3-11)18-14(19)17-7-6-13-16-8-9-20-13/h2-5,8-10H,6-7,15H2,1H3,(H2,17,18,19). The zero-order valence-corrected chi connectivity index (χ0v) is 12.1. The third-order valence-electron chi connectivity index (χ3n) is 2.80. The molecule has 0 aliphatic heterocycles. The van der Waals surface area contributed by atoms with Gasteiger partial charge in [-0.1, -0.05) is 12.1 Å². The lowest BCUT2D eigenvalue weighted by Gasteiger charge is -2.09. The van der Waals surface area contributed by atoms with E-state index in [1.165, 1.54) is 0 Å². The van der Waals surface area contributed by atoms with Crippen LogP contribution in [0.25, 0.3) is 0 Å².